The summed E-state index contributed by atoms with van der Waals surface area (Å²) in [6.45, 7) is 5.18. The normalized spacial score (nSPS) is 13.3. The Morgan fingerprint density at radius 3 is 2.82 bits per heavy atom. The molecule has 0 aliphatic carbocycles. The summed E-state index contributed by atoms with van der Waals surface area (Å²) >= 11 is 0. The van der Waals surface area contributed by atoms with Gasteiger partial charge in [-0.2, -0.15) is 0 Å². The van der Waals surface area contributed by atoms with Crippen LogP contribution in [-0.2, 0) is 31.4 Å². The van der Waals surface area contributed by atoms with Crippen LogP contribution in [0.4, 0.5) is 0 Å². The standard InChI is InChI=1S/C20H22N6O2/c1-13-4-5-16(9-21-13)20-18(25(3)24-23-20)12-28-19-8-15-6-7-26(14(2)27)11-17(15)10-22-19/h4-5,8-10H,6-7,11-12H2,1-3H3. The molecule has 0 radical (unpaired) electrons. The van der Waals surface area contributed by atoms with Crippen molar-refractivity contribution in [2.24, 2.45) is 7.05 Å². The highest BCUT2D eigenvalue weighted by atomic mass is 16.5. The first-order chi connectivity index (χ1) is 13.5. The predicted molar refractivity (Wildman–Crippen MR) is 102 cm³/mol. The van der Waals surface area contributed by atoms with E-state index in [1.165, 1.54) is 5.56 Å². The number of ether oxygens (including phenoxy) is 1. The molecule has 3 aromatic heterocycles. The third-order valence-corrected chi connectivity index (χ3v) is 5.00. The molecule has 8 heteroatoms. The van der Waals surface area contributed by atoms with E-state index in [9.17, 15) is 4.79 Å². The molecular formula is C20H22N6O2. The second-order valence-corrected chi connectivity index (χ2v) is 6.97. The molecule has 28 heavy (non-hydrogen) atoms. The van der Waals surface area contributed by atoms with Gasteiger partial charge in [0.15, 0.2) is 0 Å². The van der Waals surface area contributed by atoms with E-state index in [0.717, 1.165) is 41.2 Å². The van der Waals surface area contributed by atoms with E-state index in [1.807, 2.05) is 37.1 Å². The van der Waals surface area contributed by atoms with Gasteiger partial charge in [-0.05, 0) is 36.6 Å². The maximum atomic E-state index is 11.6. The molecule has 4 heterocycles. The summed E-state index contributed by atoms with van der Waals surface area (Å²) in [6.07, 6.45) is 4.40. The van der Waals surface area contributed by atoms with Crippen LogP contribution in [0.2, 0.25) is 0 Å². The average molecular weight is 378 g/mol. The monoisotopic (exact) mass is 378 g/mol. The molecule has 144 valence electrons. The fraction of sp³-hybridized carbons (Fsp3) is 0.350. The number of hydrogen-bond acceptors (Lipinski definition) is 6. The van der Waals surface area contributed by atoms with Gasteiger partial charge >= 0.3 is 0 Å². The van der Waals surface area contributed by atoms with Gasteiger partial charge in [-0.15, -0.1) is 5.10 Å². The van der Waals surface area contributed by atoms with Crippen LogP contribution >= 0.6 is 0 Å². The first-order valence-corrected chi connectivity index (χ1v) is 9.19. The van der Waals surface area contributed by atoms with Crippen molar-refractivity contribution in [1.82, 2.24) is 29.9 Å². The van der Waals surface area contributed by atoms with E-state index in [-0.39, 0.29) is 5.91 Å². The predicted octanol–water partition coefficient (Wildman–Crippen LogP) is 2.06. The van der Waals surface area contributed by atoms with Crippen molar-refractivity contribution in [3.05, 3.63) is 53.1 Å². The molecular weight excluding hydrogens is 356 g/mol. The summed E-state index contributed by atoms with van der Waals surface area (Å²) in [4.78, 5) is 22.1. The molecule has 1 aliphatic rings. The summed E-state index contributed by atoms with van der Waals surface area (Å²) in [5, 5.41) is 8.38. The zero-order valence-electron chi connectivity index (χ0n) is 16.2. The Morgan fingerprint density at radius 2 is 2.07 bits per heavy atom. The first kappa shape index (κ1) is 18.1. The molecule has 0 atom stereocenters. The lowest BCUT2D eigenvalue weighted by Crippen LogP contribution is -2.34. The lowest BCUT2D eigenvalue weighted by atomic mass is 10.0. The van der Waals surface area contributed by atoms with Gasteiger partial charge in [0.1, 0.15) is 18.0 Å². The third kappa shape index (κ3) is 3.58. The molecule has 8 nitrogen and oxygen atoms in total. The maximum absolute atomic E-state index is 11.6. The van der Waals surface area contributed by atoms with E-state index in [2.05, 4.69) is 20.3 Å². The van der Waals surface area contributed by atoms with Crippen LogP contribution < -0.4 is 4.74 Å². The number of aromatic nitrogens is 5. The van der Waals surface area contributed by atoms with Gasteiger partial charge in [-0.3, -0.25) is 9.78 Å². The van der Waals surface area contributed by atoms with Gasteiger partial charge in [-0.25, -0.2) is 9.67 Å². The summed E-state index contributed by atoms with van der Waals surface area (Å²) in [5.74, 6) is 0.650. The average Bonchev–Trinajstić information content (AvgIpc) is 3.06. The van der Waals surface area contributed by atoms with Crippen LogP contribution in [0.3, 0.4) is 0 Å². The maximum Gasteiger partial charge on any atom is 0.219 e. The SMILES string of the molecule is CC(=O)N1CCc2cc(OCc3c(-c4ccc(C)nc4)nnn3C)ncc2C1. The molecule has 0 aromatic carbocycles. The largest absolute Gasteiger partial charge is 0.471 e. The van der Waals surface area contributed by atoms with E-state index in [0.29, 0.717) is 19.0 Å². The van der Waals surface area contributed by atoms with Crippen LogP contribution in [0, 0.1) is 6.92 Å². The van der Waals surface area contributed by atoms with Crippen molar-refractivity contribution in [1.29, 1.82) is 0 Å². The minimum atomic E-state index is 0.0906. The van der Waals surface area contributed by atoms with Gasteiger partial charge in [0.2, 0.25) is 11.8 Å². The number of hydrogen-bond donors (Lipinski definition) is 0. The first-order valence-electron chi connectivity index (χ1n) is 9.19. The summed E-state index contributed by atoms with van der Waals surface area (Å²) in [6, 6.07) is 5.89. The molecule has 0 fully saturated rings. The summed E-state index contributed by atoms with van der Waals surface area (Å²) < 4.78 is 7.65. The summed E-state index contributed by atoms with van der Waals surface area (Å²) in [7, 11) is 1.84. The van der Waals surface area contributed by atoms with Gasteiger partial charge < -0.3 is 9.64 Å². The number of fused-ring (bicyclic) bond motifs is 1. The van der Waals surface area contributed by atoms with Gasteiger partial charge in [0.25, 0.3) is 0 Å². The molecule has 0 bridgehead atoms. The minimum absolute atomic E-state index is 0.0906. The molecule has 1 amide bonds. The molecule has 0 N–H and O–H groups in total. The van der Waals surface area contributed by atoms with E-state index < -0.39 is 0 Å². The number of pyridine rings is 2. The van der Waals surface area contributed by atoms with Crippen LogP contribution in [-0.4, -0.2) is 42.3 Å². The molecule has 0 saturated carbocycles. The number of aryl methyl sites for hydroxylation is 2. The molecule has 0 spiro atoms. The van der Waals surface area contributed by atoms with Gasteiger partial charge in [-0.1, -0.05) is 5.21 Å². The van der Waals surface area contributed by atoms with Crippen molar-refractivity contribution in [2.75, 3.05) is 6.54 Å². The van der Waals surface area contributed by atoms with Crippen molar-refractivity contribution in [3.8, 4) is 17.1 Å². The van der Waals surface area contributed by atoms with Crippen LogP contribution in [0.5, 0.6) is 5.88 Å². The highest BCUT2D eigenvalue weighted by molar-refractivity contribution is 5.73. The quantitative estimate of drug-likeness (QED) is 0.691. The van der Waals surface area contributed by atoms with E-state index in [4.69, 9.17) is 4.74 Å². The summed E-state index contributed by atoms with van der Waals surface area (Å²) in [5.41, 5.74) is 5.71. The number of carbonyl (C=O) groups excluding carboxylic acids is 1. The molecule has 0 unspecified atom stereocenters. The van der Waals surface area contributed by atoms with E-state index >= 15 is 0 Å². The fourth-order valence-electron chi connectivity index (χ4n) is 3.28. The highest BCUT2D eigenvalue weighted by Gasteiger charge is 2.20. The Morgan fingerprint density at radius 1 is 1.21 bits per heavy atom. The van der Waals surface area contributed by atoms with E-state index in [1.54, 1.807) is 24.0 Å². The Kier molecular flexibility index (Phi) is 4.77. The minimum Gasteiger partial charge on any atom is -0.471 e. The fourth-order valence-corrected chi connectivity index (χ4v) is 3.28. The zero-order chi connectivity index (χ0) is 19.7. The molecule has 0 saturated heterocycles. The Hall–Kier alpha value is -3.29. The topological polar surface area (TPSA) is 86.0 Å². The Bertz CT molecular complexity index is 1010. The number of nitrogens with zero attached hydrogens (tertiary/aromatic N) is 6. The Balaban J connectivity index is 1.51. The van der Waals surface area contributed by atoms with Crippen LogP contribution in [0.1, 0.15) is 29.4 Å². The van der Waals surface area contributed by atoms with Gasteiger partial charge in [0, 0.05) is 56.8 Å². The second kappa shape index (κ2) is 7.38. The van der Waals surface area contributed by atoms with Crippen molar-refractivity contribution in [2.45, 2.75) is 33.4 Å². The number of amides is 1. The van der Waals surface area contributed by atoms with Crippen molar-refractivity contribution < 1.29 is 9.53 Å². The highest BCUT2D eigenvalue weighted by Crippen LogP contribution is 2.24. The van der Waals surface area contributed by atoms with Crippen molar-refractivity contribution >= 4 is 5.91 Å². The van der Waals surface area contributed by atoms with Gasteiger partial charge in [0.05, 0.1) is 0 Å². The molecule has 3 aromatic rings. The Labute approximate surface area is 163 Å². The lowest BCUT2D eigenvalue weighted by molar-refractivity contribution is -0.129. The number of carbonyl (C=O) groups is 1. The molecule has 4 rings (SSSR count). The number of rotatable bonds is 4. The second-order valence-electron chi connectivity index (χ2n) is 6.97. The van der Waals surface area contributed by atoms with Crippen LogP contribution in [0.15, 0.2) is 30.6 Å². The third-order valence-electron chi connectivity index (χ3n) is 5.00. The zero-order valence-corrected chi connectivity index (χ0v) is 16.2. The molecule has 1 aliphatic heterocycles. The smallest absolute Gasteiger partial charge is 0.219 e. The van der Waals surface area contributed by atoms with Crippen molar-refractivity contribution in [3.63, 3.8) is 0 Å². The van der Waals surface area contributed by atoms with Crippen LogP contribution in [0.25, 0.3) is 11.3 Å². The lowest BCUT2D eigenvalue weighted by Gasteiger charge is -2.27.